The molecule has 0 amide bonds. The van der Waals surface area contributed by atoms with E-state index in [2.05, 4.69) is 34.3 Å². The van der Waals surface area contributed by atoms with Crippen LogP contribution in [0.5, 0.6) is 0 Å². The number of pyridine rings is 1. The lowest BCUT2D eigenvalue weighted by Gasteiger charge is -2.01. The smallest absolute Gasteiger partial charge is 0.143 e. The third-order valence-electron chi connectivity index (χ3n) is 3.11. The molecule has 19 heavy (non-hydrogen) atoms. The van der Waals surface area contributed by atoms with Crippen LogP contribution in [0.2, 0.25) is 0 Å². The summed E-state index contributed by atoms with van der Waals surface area (Å²) < 4.78 is 0. The second kappa shape index (κ2) is 5.07. The van der Waals surface area contributed by atoms with Gasteiger partial charge in [-0.1, -0.05) is 24.3 Å². The molecule has 0 saturated carbocycles. The Labute approximate surface area is 116 Å². The highest BCUT2D eigenvalue weighted by Gasteiger charge is 2.12. The van der Waals surface area contributed by atoms with Crippen LogP contribution in [0.1, 0.15) is 10.6 Å². The highest BCUT2D eigenvalue weighted by molar-refractivity contribution is 7.15. The molecule has 0 saturated heterocycles. The van der Waals surface area contributed by atoms with Gasteiger partial charge >= 0.3 is 0 Å². The molecule has 3 aromatic rings. The fourth-order valence-electron chi connectivity index (χ4n) is 2.14. The molecule has 0 radical (unpaired) electrons. The molecule has 1 aromatic carbocycles. The fourth-order valence-corrected chi connectivity index (χ4v) is 3.23. The second-order valence-corrected chi connectivity index (χ2v) is 5.52. The monoisotopic (exact) mass is 269 g/mol. The van der Waals surface area contributed by atoms with Gasteiger partial charge in [0.15, 0.2) is 0 Å². The van der Waals surface area contributed by atoms with Crippen molar-refractivity contribution in [3.8, 4) is 10.7 Å². The lowest BCUT2D eigenvalue weighted by Crippen LogP contribution is -2.04. The van der Waals surface area contributed by atoms with E-state index in [1.165, 1.54) is 10.3 Å². The predicted molar refractivity (Wildman–Crippen MR) is 80.4 cm³/mol. The van der Waals surface area contributed by atoms with Crippen molar-refractivity contribution in [3.63, 3.8) is 0 Å². The zero-order valence-electron chi connectivity index (χ0n) is 11.0. The Hall–Kier alpha value is -1.78. The molecule has 2 aromatic heterocycles. The van der Waals surface area contributed by atoms with Crippen LogP contribution in [0.25, 0.3) is 21.5 Å². The minimum absolute atomic E-state index is 0.855. The lowest BCUT2D eigenvalue weighted by molar-refractivity contribution is 0.823. The van der Waals surface area contributed by atoms with Gasteiger partial charge in [-0.2, -0.15) is 0 Å². The molecule has 3 rings (SSSR count). The standard InChI is InChI=1S/C15H15N3S/c1-10-13(9-16-2)19-15(18-10)14-12-6-4-3-5-11(12)7-8-17-14/h3-8,16H,9H2,1-2H3. The van der Waals surface area contributed by atoms with Crippen LogP contribution in [0.4, 0.5) is 0 Å². The Kier molecular flexibility index (Phi) is 3.27. The van der Waals surface area contributed by atoms with Gasteiger partial charge in [-0.3, -0.25) is 4.98 Å². The molecule has 0 bridgehead atoms. The summed E-state index contributed by atoms with van der Waals surface area (Å²) in [7, 11) is 1.95. The molecular weight excluding hydrogens is 254 g/mol. The summed E-state index contributed by atoms with van der Waals surface area (Å²) in [4.78, 5) is 10.5. The van der Waals surface area contributed by atoms with Gasteiger partial charge in [-0.25, -0.2) is 4.98 Å². The van der Waals surface area contributed by atoms with Crippen LogP contribution in [0, 0.1) is 6.92 Å². The molecule has 96 valence electrons. The minimum atomic E-state index is 0.855. The van der Waals surface area contributed by atoms with E-state index < -0.39 is 0 Å². The molecule has 3 nitrogen and oxygen atoms in total. The molecule has 4 heteroatoms. The topological polar surface area (TPSA) is 37.8 Å². The summed E-state index contributed by atoms with van der Waals surface area (Å²) in [5.41, 5.74) is 2.07. The first-order valence-corrected chi connectivity index (χ1v) is 7.06. The first kappa shape index (κ1) is 12.3. The maximum atomic E-state index is 4.67. The summed E-state index contributed by atoms with van der Waals surface area (Å²) in [6.45, 7) is 2.91. The number of aromatic nitrogens is 2. The predicted octanol–water partition coefficient (Wildman–Crippen LogP) is 3.39. The minimum Gasteiger partial charge on any atom is -0.315 e. The van der Waals surface area contributed by atoms with Crippen LogP contribution in [0.15, 0.2) is 36.5 Å². The number of benzene rings is 1. The third-order valence-corrected chi connectivity index (χ3v) is 4.27. The van der Waals surface area contributed by atoms with Crippen LogP contribution >= 0.6 is 11.3 Å². The molecule has 0 fully saturated rings. The summed E-state index contributed by atoms with van der Waals surface area (Å²) >= 11 is 1.72. The maximum absolute atomic E-state index is 4.67. The second-order valence-electron chi connectivity index (χ2n) is 4.44. The number of hydrogen-bond donors (Lipinski definition) is 1. The van der Waals surface area contributed by atoms with Crippen LogP contribution in [0.3, 0.4) is 0 Å². The lowest BCUT2D eigenvalue weighted by atomic mass is 10.1. The van der Waals surface area contributed by atoms with Crippen molar-refractivity contribution in [1.82, 2.24) is 15.3 Å². The molecule has 0 spiro atoms. The Balaban J connectivity index is 2.16. The molecule has 2 heterocycles. The van der Waals surface area contributed by atoms with E-state index >= 15 is 0 Å². The van der Waals surface area contributed by atoms with Crippen molar-refractivity contribution in [1.29, 1.82) is 0 Å². The number of rotatable bonds is 3. The number of hydrogen-bond acceptors (Lipinski definition) is 4. The van der Waals surface area contributed by atoms with Gasteiger partial charge in [0.1, 0.15) is 10.7 Å². The molecule has 0 aliphatic heterocycles. The van der Waals surface area contributed by atoms with E-state index in [4.69, 9.17) is 0 Å². The van der Waals surface area contributed by atoms with Gasteiger partial charge in [-0.15, -0.1) is 11.3 Å². The number of aryl methyl sites for hydroxylation is 1. The van der Waals surface area contributed by atoms with Gasteiger partial charge in [0, 0.05) is 23.0 Å². The number of nitrogens with one attached hydrogen (secondary N) is 1. The van der Waals surface area contributed by atoms with E-state index in [1.807, 2.05) is 31.4 Å². The third kappa shape index (κ3) is 2.25. The average Bonchev–Trinajstić information content (AvgIpc) is 2.80. The van der Waals surface area contributed by atoms with Gasteiger partial charge in [0.2, 0.25) is 0 Å². The largest absolute Gasteiger partial charge is 0.315 e. The number of nitrogens with zero attached hydrogens (tertiary/aromatic N) is 2. The summed E-state index contributed by atoms with van der Waals surface area (Å²) in [5.74, 6) is 0. The molecule has 0 atom stereocenters. The quantitative estimate of drug-likeness (QED) is 0.792. The first-order chi connectivity index (χ1) is 9.29. The molecule has 0 aliphatic carbocycles. The Morgan fingerprint density at radius 1 is 1.21 bits per heavy atom. The van der Waals surface area contributed by atoms with E-state index in [0.29, 0.717) is 0 Å². The Bertz CT molecular complexity index is 713. The number of thiazole rings is 1. The van der Waals surface area contributed by atoms with Gasteiger partial charge < -0.3 is 5.32 Å². The van der Waals surface area contributed by atoms with Crippen LogP contribution in [-0.4, -0.2) is 17.0 Å². The van der Waals surface area contributed by atoms with Crippen molar-refractivity contribution in [2.24, 2.45) is 0 Å². The SMILES string of the molecule is CNCc1sc(-c2nccc3ccccc23)nc1C. The van der Waals surface area contributed by atoms with Gasteiger partial charge in [0.05, 0.1) is 5.69 Å². The average molecular weight is 269 g/mol. The highest BCUT2D eigenvalue weighted by atomic mass is 32.1. The zero-order valence-corrected chi connectivity index (χ0v) is 11.8. The molecule has 1 N–H and O–H groups in total. The van der Waals surface area contributed by atoms with E-state index in [-0.39, 0.29) is 0 Å². The molecular formula is C15H15N3S. The zero-order chi connectivity index (χ0) is 13.2. The molecule has 0 aliphatic rings. The van der Waals surface area contributed by atoms with Crippen LogP contribution < -0.4 is 5.32 Å². The fraction of sp³-hybridized carbons (Fsp3) is 0.200. The van der Waals surface area contributed by atoms with Gasteiger partial charge in [0.25, 0.3) is 0 Å². The van der Waals surface area contributed by atoms with Crippen molar-refractivity contribution < 1.29 is 0 Å². The van der Waals surface area contributed by atoms with E-state index in [9.17, 15) is 0 Å². The summed E-state index contributed by atoms with van der Waals surface area (Å²) in [5, 5.41) is 6.54. The van der Waals surface area contributed by atoms with Crippen molar-refractivity contribution in [2.45, 2.75) is 13.5 Å². The highest BCUT2D eigenvalue weighted by Crippen LogP contribution is 2.31. The Morgan fingerprint density at radius 2 is 2.05 bits per heavy atom. The van der Waals surface area contributed by atoms with E-state index in [1.54, 1.807) is 11.3 Å². The summed E-state index contributed by atoms with van der Waals surface area (Å²) in [6, 6.07) is 10.3. The Morgan fingerprint density at radius 3 is 2.89 bits per heavy atom. The first-order valence-electron chi connectivity index (χ1n) is 6.24. The molecule has 0 unspecified atom stereocenters. The summed E-state index contributed by atoms with van der Waals surface area (Å²) in [6.07, 6.45) is 1.85. The number of fused-ring (bicyclic) bond motifs is 1. The maximum Gasteiger partial charge on any atom is 0.143 e. The van der Waals surface area contributed by atoms with Crippen molar-refractivity contribution in [3.05, 3.63) is 47.1 Å². The normalized spacial score (nSPS) is 11.1. The van der Waals surface area contributed by atoms with E-state index in [0.717, 1.165) is 28.3 Å². The van der Waals surface area contributed by atoms with Crippen molar-refractivity contribution >= 4 is 22.1 Å². The van der Waals surface area contributed by atoms with Gasteiger partial charge in [-0.05, 0) is 25.4 Å². The van der Waals surface area contributed by atoms with Crippen LogP contribution in [-0.2, 0) is 6.54 Å². The van der Waals surface area contributed by atoms with Crippen molar-refractivity contribution in [2.75, 3.05) is 7.05 Å².